The number of hydrogen-bond donors (Lipinski definition) is 0. The Morgan fingerprint density at radius 2 is 2.05 bits per heavy atom. The molecule has 5 heteroatoms. The average molecular weight is 306 g/mol. The normalized spacial score (nSPS) is 36.5. The zero-order chi connectivity index (χ0) is 15.7. The predicted molar refractivity (Wildman–Crippen MR) is 78.9 cm³/mol. The molecule has 2 unspecified atom stereocenters. The monoisotopic (exact) mass is 306 g/mol. The van der Waals surface area contributed by atoms with Crippen LogP contribution in [0.15, 0.2) is 30.3 Å². The van der Waals surface area contributed by atoms with Crippen LogP contribution >= 0.6 is 0 Å². The van der Waals surface area contributed by atoms with Crippen molar-refractivity contribution in [2.24, 2.45) is 11.8 Å². The summed E-state index contributed by atoms with van der Waals surface area (Å²) in [5.74, 6) is -0.355. The highest BCUT2D eigenvalue weighted by Crippen LogP contribution is 2.59. The van der Waals surface area contributed by atoms with Crippen molar-refractivity contribution < 1.29 is 23.7 Å². The van der Waals surface area contributed by atoms with E-state index in [0.29, 0.717) is 13.0 Å². The molecule has 5 atom stereocenters. The van der Waals surface area contributed by atoms with E-state index in [1.807, 2.05) is 30.3 Å². The number of methoxy groups -OCH3 is 2. The maximum atomic E-state index is 11.8. The maximum absolute atomic E-state index is 11.8. The van der Waals surface area contributed by atoms with Crippen LogP contribution in [0.3, 0.4) is 0 Å². The summed E-state index contributed by atoms with van der Waals surface area (Å²) in [7, 11) is 3.01. The molecular formula is C17H22O5. The van der Waals surface area contributed by atoms with Gasteiger partial charge in [0.05, 0.1) is 25.2 Å². The van der Waals surface area contributed by atoms with Crippen LogP contribution < -0.4 is 0 Å². The van der Waals surface area contributed by atoms with Crippen molar-refractivity contribution in [3.8, 4) is 0 Å². The van der Waals surface area contributed by atoms with Crippen molar-refractivity contribution in [1.82, 2.24) is 0 Å². The van der Waals surface area contributed by atoms with E-state index in [0.717, 1.165) is 5.56 Å². The van der Waals surface area contributed by atoms with Crippen molar-refractivity contribution in [3.63, 3.8) is 0 Å². The molecule has 0 bridgehead atoms. The number of ether oxygens (including phenoxy) is 4. The van der Waals surface area contributed by atoms with Crippen LogP contribution in [0.25, 0.3) is 0 Å². The van der Waals surface area contributed by atoms with E-state index in [4.69, 9.17) is 18.9 Å². The SMILES string of the molecule is COC(=O)C1CC12O[C@H](OC)[C@H](OCc1ccccc1)[C@H]2C. The highest BCUT2D eigenvalue weighted by molar-refractivity contribution is 5.78. The molecule has 120 valence electrons. The standard InChI is InChI=1S/C17H22O5/c1-11-14(21-10-12-7-5-4-6-8-12)16(20-3)22-17(11)9-13(17)15(18)19-2/h4-8,11,13-14,16H,9-10H2,1-3H3/t11-,13?,14-,16+,17?/m1/s1. The van der Waals surface area contributed by atoms with Crippen LogP contribution in [0.5, 0.6) is 0 Å². The fourth-order valence-corrected chi connectivity index (χ4v) is 3.39. The van der Waals surface area contributed by atoms with Gasteiger partial charge in [0.25, 0.3) is 0 Å². The van der Waals surface area contributed by atoms with Crippen molar-refractivity contribution in [2.45, 2.75) is 37.9 Å². The van der Waals surface area contributed by atoms with E-state index in [-0.39, 0.29) is 23.9 Å². The van der Waals surface area contributed by atoms with E-state index < -0.39 is 11.9 Å². The first kappa shape index (κ1) is 15.5. The fourth-order valence-electron chi connectivity index (χ4n) is 3.39. The molecule has 1 aliphatic heterocycles. The van der Waals surface area contributed by atoms with Gasteiger partial charge in [0.1, 0.15) is 6.10 Å². The van der Waals surface area contributed by atoms with Gasteiger partial charge in [0.2, 0.25) is 0 Å². The van der Waals surface area contributed by atoms with Gasteiger partial charge in [-0.1, -0.05) is 37.3 Å². The van der Waals surface area contributed by atoms with Crippen molar-refractivity contribution in [2.75, 3.05) is 14.2 Å². The molecule has 1 spiro atoms. The summed E-state index contributed by atoms with van der Waals surface area (Å²) in [6.45, 7) is 2.55. The molecule has 0 radical (unpaired) electrons. The number of benzene rings is 1. The lowest BCUT2D eigenvalue weighted by Crippen LogP contribution is -2.31. The minimum atomic E-state index is -0.491. The molecule has 3 rings (SSSR count). The van der Waals surface area contributed by atoms with Gasteiger partial charge in [0.15, 0.2) is 6.29 Å². The lowest BCUT2D eigenvalue weighted by molar-refractivity contribution is -0.173. The molecule has 1 saturated heterocycles. The van der Waals surface area contributed by atoms with Gasteiger partial charge in [0, 0.05) is 13.0 Å². The van der Waals surface area contributed by atoms with Crippen molar-refractivity contribution >= 4 is 5.97 Å². The summed E-state index contributed by atoms with van der Waals surface area (Å²) < 4.78 is 22.3. The van der Waals surface area contributed by atoms with Gasteiger partial charge in [-0.05, 0) is 12.0 Å². The Balaban J connectivity index is 1.67. The zero-order valence-electron chi connectivity index (χ0n) is 13.2. The molecule has 5 nitrogen and oxygen atoms in total. The zero-order valence-corrected chi connectivity index (χ0v) is 13.2. The predicted octanol–water partition coefficient (Wildman–Crippen LogP) is 2.14. The van der Waals surface area contributed by atoms with E-state index in [9.17, 15) is 4.79 Å². The Morgan fingerprint density at radius 3 is 2.68 bits per heavy atom. The number of carbonyl (C=O) groups is 1. The smallest absolute Gasteiger partial charge is 0.311 e. The van der Waals surface area contributed by atoms with Crippen LogP contribution in [-0.2, 0) is 30.3 Å². The summed E-state index contributed by atoms with van der Waals surface area (Å²) in [5, 5.41) is 0. The summed E-state index contributed by atoms with van der Waals surface area (Å²) in [6, 6.07) is 9.98. The van der Waals surface area contributed by atoms with Crippen LogP contribution in [0, 0.1) is 11.8 Å². The van der Waals surface area contributed by atoms with Gasteiger partial charge in [-0.25, -0.2) is 0 Å². The Hall–Kier alpha value is -1.43. The number of carbonyl (C=O) groups excluding carboxylic acids is 1. The second-order valence-corrected chi connectivity index (χ2v) is 6.01. The summed E-state index contributed by atoms with van der Waals surface area (Å²) in [5.41, 5.74) is 0.612. The number of hydrogen-bond acceptors (Lipinski definition) is 5. The first-order valence-corrected chi connectivity index (χ1v) is 7.56. The Kier molecular flexibility index (Phi) is 4.21. The third kappa shape index (κ3) is 2.53. The summed E-state index contributed by atoms with van der Waals surface area (Å²) in [4.78, 5) is 11.8. The Labute approximate surface area is 130 Å². The molecule has 1 aromatic rings. The quantitative estimate of drug-likeness (QED) is 0.780. The first-order chi connectivity index (χ1) is 10.6. The van der Waals surface area contributed by atoms with E-state index in [1.165, 1.54) is 7.11 Å². The minimum Gasteiger partial charge on any atom is -0.469 e. The molecule has 22 heavy (non-hydrogen) atoms. The van der Waals surface area contributed by atoms with Gasteiger partial charge in [-0.2, -0.15) is 0 Å². The second kappa shape index (κ2) is 5.99. The van der Waals surface area contributed by atoms with Crippen LogP contribution in [-0.4, -0.2) is 38.2 Å². The topological polar surface area (TPSA) is 54.0 Å². The van der Waals surface area contributed by atoms with E-state index in [2.05, 4.69) is 6.92 Å². The lowest BCUT2D eigenvalue weighted by Gasteiger charge is -2.20. The van der Waals surface area contributed by atoms with Gasteiger partial charge >= 0.3 is 5.97 Å². The van der Waals surface area contributed by atoms with Crippen LogP contribution in [0.4, 0.5) is 0 Å². The second-order valence-electron chi connectivity index (χ2n) is 6.01. The van der Waals surface area contributed by atoms with Crippen molar-refractivity contribution in [1.29, 1.82) is 0 Å². The van der Waals surface area contributed by atoms with Gasteiger partial charge in [-0.3, -0.25) is 4.79 Å². The van der Waals surface area contributed by atoms with Crippen LogP contribution in [0.2, 0.25) is 0 Å². The average Bonchev–Trinajstić information content (AvgIpc) is 3.22. The summed E-state index contributed by atoms with van der Waals surface area (Å²) >= 11 is 0. The highest BCUT2D eigenvalue weighted by atomic mass is 16.7. The number of esters is 1. The highest BCUT2D eigenvalue weighted by Gasteiger charge is 2.70. The molecule has 1 saturated carbocycles. The Bertz CT molecular complexity index is 531. The largest absolute Gasteiger partial charge is 0.469 e. The molecule has 0 aromatic heterocycles. The lowest BCUT2D eigenvalue weighted by atomic mass is 9.96. The third-order valence-corrected chi connectivity index (χ3v) is 4.82. The molecule has 0 amide bonds. The fraction of sp³-hybridized carbons (Fsp3) is 0.588. The molecular weight excluding hydrogens is 284 g/mol. The molecule has 1 aromatic carbocycles. The molecule has 2 aliphatic rings. The summed E-state index contributed by atoms with van der Waals surface area (Å²) in [6.07, 6.45) is 0.0274. The van der Waals surface area contributed by atoms with Gasteiger partial charge in [-0.15, -0.1) is 0 Å². The Morgan fingerprint density at radius 1 is 1.32 bits per heavy atom. The van der Waals surface area contributed by atoms with Crippen molar-refractivity contribution in [3.05, 3.63) is 35.9 Å². The molecule has 2 fully saturated rings. The van der Waals surface area contributed by atoms with E-state index in [1.54, 1.807) is 7.11 Å². The van der Waals surface area contributed by atoms with Crippen LogP contribution in [0.1, 0.15) is 18.9 Å². The molecule has 1 aliphatic carbocycles. The molecule has 1 heterocycles. The maximum Gasteiger partial charge on any atom is 0.311 e. The third-order valence-electron chi connectivity index (χ3n) is 4.82. The number of rotatable bonds is 5. The first-order valence-electron chi connectivity index (χ1n) is 7.56. The van der Waals surface area contributed by atoms with Gasteiger partial charge < -0.3 is 18.9 Å². The molecule has 0 N–H and O–H groups in total. The minimum absolute atomic E-state index is 0.0743. The van der Waals surface area contributed by atoms with E-state index >= 15 is 0 Å².